The minimum Gasteiger partial charge on any atom is -0.488 e. The normalized spacial score (nSPS) is 12.9. The van der Waals surface area contributed by atoms with Crippen molar-refractivity contribution in [2.24, 2.45) is 0 Å². The molecule has 0 spiro atoms. The number of benzene rings is 2. The Morgan fingerprint density at radius 2 is 1.90 bits per heavy atom. The van der Waals surface area contributed by atoms with Crippen molar-refractivity contribution < 1.29 is 9.53 Å². The zero-order chi connectivity index (χ0) is 14.7. The molecule has 0 fully saturated rings. The molecular weight excluding hydrogens is 286 g/mol. The van der Waals surface area contributed by atoms with Crippen LogP contribution in [0, 0.1) is 0 Å². The zero-order valence-electron chi connectivity index (χ0n) is 11.3. The van der Waals surface area contributed by atoms with E-state index in [1.807, 2.05) is 54.6 Å². The van der Waals surface area contributed by atoms with Gasteiger partial charge in [0.1, 0.15) is 12.4 Å². The van der Waals surface area contributed by atoms with Crippen LogP contribution >= 0.6 is 11.6 Å². The number of carbonyl (C=O) groups excluding carboxylic acids is 1. The van der Waals surface area contributed by atoms with Crippen LogP contribution in [0.2, 0.25) is 5.02 Å². The van der Waals surface area contributed by atoms with Crippen molar-refractivity contribution in [3.8, 4) is 5.75 Å². The van der Waals surface area contributed by atoms with E-state index in [4.69, 9.17) is 16.3 Å². The Morgan fingerprint density at radius 3 is 2.76 bits per heavy atom. The highest BCUT2D eigenvalue weighted by Gasteiger charge is 2.16. The van der Waals surface area contributed by atoms with Crippen molar-refractivity contribution in [1.29, 1.82) is 0 Å². The van der Waals surface area contributed by atoms with E-state index in [-0.39, 0.29) is 12.5 Å². The highest BCUT2D eigenvalue weighted by atomic mass is 35.5. The highest BCUT2D eigenvalue weighted by Crippen LogP contribution is 2.25. The number of halogens is 1. The van der Waals surface area contributed by atoms with Crippen molar-refractivity contribution in [2.75, 3.05) is 6.61 Å². The first kappa shape index (κ1) is 13.7. The number of rotatable bonds is 3. The van der Waals surface area contributed by atoms with Crippen LogP contribution in [0.25, 0.3) is 6.08 Å². The Morgan fingerprint density at radius 1 is 1.14 bits per heavy atom. The Labute approximate surface area is 128 Å². The summed E-state index contributed by atoms with van der Waals surface area (Å²) in [5.41, 5.74) is 2.43. The van der Waals surface area contributed by atoms with Gasteiger partial charge >= 0.3 is 0 Å². The molecule has 4 heteroatoms. The number of hydrogen-bond donors (Lipinski definition) is 1. The van der Waals surface area contributed by atoms with E-state index in [0.717, 1.165) is 16.9 Å². The van der Waals surface area contributed by atoms with Crippen LogP contribution < -0.4 is 10.1 Å². The lowest BCUT2D eigenvalue weighted by Crippen LogP contribution is -2.28. The summed E-state index contributed by atoms with van der Waals surface area (Å²) >= 11 is 6.07. The van der Waals surface area contributed by atoms with Gasteiger partial charge in [0.2, 0.25) is 0 Å². The zero-order valence-corrected chi connectivity index (χ0v) is 12.1. The summed E-state index contributed by atoms with van der Waals surface area (Å²) in [5, 5.41) is 3.52. The maximum Gasteiger partial charge on any atom is 0.250 e. The Hall–Kier alpha value is -2.26. The summed E-state index contributed by atoms with van der Waals surface area (Å²) in [7, 11) is 0. The van der Waals surface area contributed by atoms with Crippen molar-refractivity contribution in [2.45, 2.75) is 6.54 Å². The SMILES string of the molecule is O=C(NCc1ccccc1Cl)C1=Cc2ccccc2OC1. The fourth-order valence-electron chi connectivity index (χ4n) is 2.18. The summed E-state index contributed by atoms with van der Waals surface area (Å²) in [5.74, 6) is 0.671. The molecule has 1 amide bonds. The summed E-state index contributed by atoms with van der Waals surface area (Å²) in [4.78, 5) is 12.2. The molecule has 2 aromatic carbocycles. The largest absolute Gasteiger partial charge is 0.488 e. The van der Waals surface area contributed by atoms with Gasteiger partial charge in [-0.25, -0.2) is 0 Å². The predicted molar refractivity (Wildman–Crippen MR) is 83.2 cm³/mol. The maximum atomic E-state index is 12.2. The number of hydrogen-bond acceptors (Lipinski definition) is 2. The van der Waals surface area contributed by atoms with Gasteiger partial charge in [-0.3, -0.25) is 4.79 Å². The van der Waals surface area contributed by atoms with E-state index in [2.05, 4.69) is 5.32 Å². The van der Waals surface area contributed by atoms with E-state index in [1.54, 1.807) is 0 Å². The monoisotopic (exact) mass is 299 g/mol. The Balaban J connectivity index is 1.70. The summed E-state index contributed by atoms with van der Waals surface area (Å²) in [6, 6.07) is 15.1. The third-order valence-corrected chi connectivity index (χ3v) is 3.69. The first-order valence-electron chi connectivity index (χ1n) is 6.68. The number of amides is 1. The minimum absolute atomic E-state index is 0.135. The molecule has 3 nitrogen and oxygen atoms in total. The van der Waals surface area contributed by atoms with Gasteiger partial charge in [0.15, 0.2) is 0 Å². The smallest absolute Gasteiger partial charge is 0.250 e. The third-order valence-electron chi connectivity index (χ3n) is 3.32. The lowest BCUT2D eigenvalue weighted by atomic mass is 10.1. The van der Waals surface area contributed by atoms with Gasteiger partial charge in [0.25, 0.3) is 5.91 Å². The van der Waals surface area contributed by atoms with Gasteiger partial charge < -0.3 is 10.1 Å². The fraction of sp³-hybridized carbons (Fsp3) is 0.118. The molecule has 0 saturated heterocycles. The molecule has 0 saturated carbocycles. The van der Waals surface area contributed by atoms with Crippen LogP contribution in [0.5, 0.6) is 5.75 Å². The Kier molecular flexibility index (Phi) is 3.93. The van der Waals surface area contributed by atoms with Crippen molar-refractivity contribution in [3.63, 3.8) is 0 Å². The average Bonchev–Trinajstić information content (AvgIpc) is 2.53. The van der Waals surface area contributed by atoms with Gasteiger partial charge in [-0.15, -0.1) is 0 Å². The quantitative estimate of drug-likeness (QED) is 0.943. The van der Waals surface area contributed by atoms with E-state index in [1.165, 1.54) is 0 Å². The second kappa shape index (κ2) is 6.02. The standard InChI is InChI=1S/C17H14ClNO2/c18-15-7-3-1-6-13(15)10-19-17(20)14-9-12-5-2-4-8-16(12)21-11-14/h1-9H,10-11H2,(H,19,20). The summed E-state index contributed by atoms with van der Waals surface area (Å²) in [6.45, 7) is 0.683. The summed E-state index contributed by atoms with van der Waals surface area (Å²) < 4.78 is 5.58. The molecule has 0 unspecified atom stereocenters. The van der Waals surface area contributed by atoms with Gasteiger partial charge in [-0.2, -0.15) is 0 Å². The number of carbonyl (C=O) groups is 1. The van der Waals surface area contributed by atoms with E-state index < -0.39 is 0 Å². The lowest BCUT2D eigenvalue weighted by Gasteiger charge is -2.17. The molecule has 1 heterocycles. The fourth-order valence-corrected chi connectivity index (χ4v) is 2.38. The maximum absolute atomic E-state index is 12.2. The molecule has 2 aromatic rings. The molecule has 1 aliphatic rings. The Bertz CT molecular complexity index is 709. The van der Waals surface area contributed by atoms with Crippen molar-refractivity contribution in [3.05, 3.63) is 70.3 Å². The molecule has 0 bridgehead atoms. The number of fused-ring (bicyclic) bond motifs is 1. The van der Waals surface area contributed by atoms with Gasteiger partial charge in [0, 0.05) is 17.1 Å². The highest BCUT2D eigenvalue weighted by molar-refractivity contribution is 6.31. The number of nitrogens with one attached hydrogen (secondary N) is 1. The first-order valence-corrected chi connectivity index (χ1v) is 7.06. The topological polar surface area (TPSA) is 38.3 Å². The van der Waals surface area contributed by atoms with Gasteiger partial charge in [-0.05, 0) is 23.8 Å². The van der Waals surface area contributed by atoms with E-state index >= 15 is 0 Å². The van der Waals surface area contributed by atoms with Crippen LogP contribution in [0.3, 0.4) is 0 Å². The van der Waals surface area contributed by atoms with Crippen LogP contribution in [-0.2, 0) is 11.3 Å². The average molecular weight is 300 g/mol. The number of para-hydroxylation sites is 1. The van der Waals surface area contributed by atoms with Crippen LogP contribution in [0.1, 0.15) is 11.1 Å². The predicted octanol–water partition coefficient (Wildman–Crippen LogP) is 3.43. The van der Waals surface area contributed by atoms with Crippen molar-refractivity contribution >= 4 is 23.6 Å². The molecule has 3 rings (SSSR count). The molecular formula is C17H14ClNO2. The van der Waals surface area contributed by atoms with Crippen molar-refractivity contribution in [1.82, 2.24) is 5.32 Å². The van der Waals surface area contributed by atoms with E-state index in [9.17, 15) is 4.79 Å². The number of ether oxygens (including phenoxy) is 1. The second-order valence-corrected chi connectivity index (χ2v) is 5.18. The lowest BCUT2D eigenvalue weighted by molar-refractivity contribution is -0.117. The van der Waals surface area contributed by atoms with Crippen LogP contribution in [0.4, 0.5) is 0 Å². The molecule has 0 aromatic heterocycles. The van der Waals surface area contributed by atoms with E-state index in [0.29, 0.717) is 17.1 Å². The molecule has 106 valence electrons. The summed E-state index contributed by atoms with van der Waals surface area (Å²) in [6.07, 6.45) is 1.86. The van der Waals surface area contributed by atoms with Gasteiger partial charge in [0.05, 0.1) is 5.57 Å². The molecule has 0 atom stereocenters. The van der Waals surface area contributed by atoms with Gasteiger partial charge in [-0.1, -0.05) is 48.0 Å². The second-order valence-electron chi connectivity index (χ2n) is 4.77. The minimum atomic E-state index is -0.135. The third kappa shape index (κ3) is 3.09. The molecule has 0 aliphatic carbocycles. The van der Waals surface area contributed by atoms with Crippen LogP contribution in [0.15, 0.2) is 54.1 Å². The van der Waals surface area contributed by atoms with Crippen LogP contribution in [-0.4, -0.2) is 12.5 Å². The molecule has 0 radical (unpaired) electrons. The molecule has 1 aliphatic heterocycles. The first-order chi connectivity index (χ1) is 10.2. The molecule has 21 heavy (non-hydrogen) atoms. The molecule has 1 N–H and O–H groups in total.